The van der Waals surface area contributed by atoms with Crippen LogP contribution in [0.1, 0.15) is 45.1 Å². The average molecular weight is 491 g/mol. The van der Waals surface area contributed by atoms with Gasteiger partial charge in [-0.3, -0.25) is 4.99 Å². The molecule has 0 bridgehead atoms. The number of aliphatic hydroxyl groups is 1. The van der Waals surface area contributed by atoms with Gasteiger partial charge in [-0.25, -0.2) is 0 Å². The molecule has 156 valence electrons. The molecule has 1 unspecified atom stereocenters. The first-order valence-corrected chi connectivity index (χ1v) is 10.0. The third kappa shape index (κ3) is 13.9. The van der Waals surface area contributed by atoms with E-state index < -0.39 is 0 Å². The Labute approximate surface area is 182 Å². The van der Waals surface area contributed by atoms with E-state index in [9.17, 15) is 0 Å². The predicted octanol–water partition coefficient (Wildman–Crippen LogP) is 3.61. The molecule has 0 heterocycles. The normalized spacial score (nSPS) is 12.3. The first kappa shape index (κ1) is 26.1. The summed E-state index contributed by atoms with van der Waals surface area (Å²) in [5, 5.41) is 15.8. The van der Waals surface area contributed by atoms with Gasteiger partial charge in [-0.05, 0) is 44.1 Å². The number of aliphatic imine (C=N–C) groups is 1. The molecule has 0 saturated heterocycles. The Hall–Kier alpha value is -0.860. The maximum Gasteiger partial charge on any atom is 0.191 e. The highest BCUT2D eigenvalue weighted by Crippen LogP contribution is 2.10. The van der Waals surface area contributed by atoms with Crippen molar-refractivity contribution in [1.29, 1.82) is 0 Å². The molecular formula is C21H38IN3O2. The zero-order valence-electron chi connectivity index (χ0n) is 17.0. The van der Waals surface area contributed by atoms with Gasteiger partial charge in [-0.1, -0.05) is 43.7 Å². The number of guanidine groups is 1. The van der Waals surface area contributed by atoms with Crippen molar-refractivity contribution in [1.82, 2.24) is 10.6 Å². The highest BCUT2D eigenvalue weighted by Gasteiger charge is 2.07. The van der Waals surface area contributed by atoms with Gasteiger partial charge < -0.3 is 20.5 Å². The fourth-order valence-electron chi connectivity index (χ4n) is 2.80. The van der Waals surface area contributed by atoms with Gasteiger partial charge >= 0.3 is 0 Å². The van der Waals surface area contributed by atoms with Crippen molar-refractivity contribution in [3.63, 3.8) is 0 Å². The molecule has 1 aromatic carbocycles. The summed E-state index contributed by atoms with van der Waals surface area (Å²) in [7, 11) is 0. The summed E-state index contributed by atoms with van der Waals surface area (Å²) in [5.74, 6) is 1.32. The van der Waals surface area contributed by atoms with Crippen LogP contribution in [0.25, 0.3) is 0 Å². The first-order valence-electron chi connectivity index (χ1n) is 10.0. The van der Waals surface area contributed by atoms with Gasteiger partial charge in [0.1, 0.15) is 0 Å². The lowest BCUT2D eigenvalue weighted by atomic mass is 10.0. The molecule has 0 spiro atoms. The second kappa shape index (κ2) is 18.5. The van der Waals surface area contributed by atoms with Crippen LogP contribution in [0.15, 0.2) is 35.3 Å². The Bertz CT molecular complexity index is 466. The molecule has 1 aromatic rings. The van der Waals surface area contributed by atoms with E-state index >= 15 is 0 Å². The maximum atomic E-state index is 9.16. The van der Waals surface area contributed by atoms with Gasteiger partial charge in [0.05, 0.1) is 6.61 Å². The number of hydrogen-bond donors (Lipinski definition) is 3. The first-order chi connectivity index (χ1) is 12.8. The summed E-state index contributed by atoms with van der Waals surface area (Å²) in [6.45, 7) is 8.45. The number of rotatable bonds is 14. The summed E-state index contributed by atoms with van der Waals surface area (Å²) in [6, 6.07) is 10.4. The van der Waals surface area contributed by atoms with E-state index in [1.165, 1.54) is 5.56 Å². The minimum Gasteiger partial charge on any atom is -0.396 e. The molecular weight excluding hydrogens is 453 g/mol. The molecule has 6 heteroatoms. The summed E-state index contributed by atoms with van der Waals surface area (Å²) < 4.78 is 5.71. The SMILES string of the molecule is CCCC(CCO)CN=C(NCC)NCCCOCCc1ccccc1.I. The van der Waals surface area contributed by atoms with E-state index in [-0.39, 0.29) is 30.6 Å². The van der Waals surface area contributed by atoms with Crippen LogP contribution in [0.5, 0.6) is 0 Å². The fourth-order valence-corrected chi connectivity index (χ4v) is 2.80. The van der Waals surface area contributed by atoms with Crippen molar-refractivity contribution in [3.8, 4) is 0 Å². The largest absolute Gasteiger partial charge is 0.396 e. The highest BCUT2D eigenvalue weighted by atomic mass is 127. The van der Waals surface area contributed by atoms with E-state index in [1.54, 1.807) is 0 Å². The lowest BCUT2D eigenvalue weighted by Crippen LogP contribution is -2.38. The van der Waals surface area contributed by atoms with Crippen molar-refractivity contribution < 1.29 is 9.84 Å². The van der Waals surface area contributed by atoms with E-state index in [4.69, 9.17) is 9.84 Å². The molecule has 0 aliphatic heterocycles. The Morgan fingerprint density at radius 2 is 1.89 bits per heavy atom. The lowest BCUT2D eigenvalue weighted by Gasteiger charge is -2.15. The molecule has 0 saturated carbocycles. The Morgan fingerprint density at radius 1 is 1.11 bits per heavy atom. The molecule has 27 heavy (non-hydrogen) atoms. The number of nitrogens with one attached hydrogen (secondary N) is 2. The topological polar surface area (TPSA) is 65.9 Å². The maximum absolute atomic E-state index is 9.16. The summed E-state index contributed by atoms with van der Waals surface area (Å²) in [5.41, 5.74) is 1.32. The molecule has 0 aliphatic rings. The van der Waals surface area contributed by atoms with Crippen LogP contribution in [0.4, 0.5) is 0 Å². The van der Waals surface area contributed by atoms with Crippen LogP contribution in [0.3, 0.4) is 0 Å². The predicted molar refractivity (Wildman–Crippen MR) is 125 cm³/mol. The number of nitrogens with zero attached hydrogens (tertiary/aromatic N) is 1. The van der Waals surface area contributed by atoms with Crippen LogP contribution in [-0.2, 0) is 11.2 Å². The molecule has 5 nitrogen and oxygen atoms in total. The van der Waals surface area contributed by atoms with Crippen molar-refractivity contribution in [2.24, 2.45) is 10.9 Å². The third-order valence-electron chi connectivity index (χ3n) is 4.22. The van der Waals surface area contributed by atoms with Crippen LogP contribution in [0, 0.1) is 5.92 Å². The van der Waals surface area contributed by atoms with Crippen molar-refractivity contribution >= 4 is 29.9 Å². The van der Waals surface area contributed by atoms with Crippen LogP contribution < -0.4 is 10.6 Å². The van der Waals surface area contributed by atoms with Crippen LogP contribution in [0.2, 0.25) is 0 Å². The van der Waals surface area contributed by atoms with E-state index in [2.05, 4.69) is 53.7 Å². The van der Waals surface area contributed by atoms with E-state index in [0.29, 0.717) is 5.92 Å². The molecule has 3 N–H and O–H groups in total. The molecule has 0 fully saturated rings. The van der Waals surface area contributed by atoms with Crippen LogP contribution in [-0.4, -0.2) is 50.5 Å². The molecule has 0 aromatic heterocycles. The average Bonchev–Trinajstić information content (AvgIpc) is 2.66. The Morgan fingerprint density at radius 3 is 2.56 bits per heavy atom. The zero-order valence-corrected chi connectivity index (χ0v) is 19.3. The monoisotopic (exact) mass is 491 g/mol. The third-order valence-corrected chi connectivity index (χ3v) is 4.22. The second-order valence-electron chi connectivity index (χ2n) is 6.51. The van der Waals surface area contributed by atoms with Crippen LogP contribution >= 0.6 is 24.0 Å². The van der Waals surface area contributed by atoms with Gasteiger partial charge in [-0.15, -0.1) is 24.0 Å². The van der Waals surface area contributed by atoms with Gasteiger partial charge in [0, 0.05) is 32.8 Å². The van der Waals surface area contributed by atoms with Gasteiger partial charge in [0.2, 0.25) is 0 Å². The number of halogens is 1. The number of ether oxygens (including phenoxy) is 1. The fraction of sp³-hybridized carbons (Fsp3) is 0.667. The van der Waals surface area contributed by atoms with Crippen molar-refractivity contribution in [3.05, 3.63) is 35.9 Å². The van der Waals surface area contributed by atoms with Gasteiger partial charge in [0.25, 0.3) is 0 Å². The Kier molecular flexibility index (Phi) is 17.9. The lowest BCUT2D eigenvalue weighted by molar-refractivity contribution is 0.135. The number of aliphatic hydroxyl groups excluding tert-OH is 1. The zero-order chi connectivity index (χ0) is 18.9. The molecule has 0 radical (unpaired) electrons. The minimum absolute atomic E-state index is 0. The quantitative estimate of drug-likeness (QED) is 0.161. The van der Waals surface area contributed by atoms with Crippen molar-refractivity contribution in [2.75, 3.05) is 39.5 Å². The minimum atomic E-state index is 0. The second-order valence-corrected chi connectivity index (χ2v) is 6.51. The Balaban J connectivity index is 0.00000676. The van der Waals surface area contributed by atoms with Gasteiger partial charge in [-0.2, -0.15) is 0 Å². The molecule has 0 amide bonds. The smallest absolute Gasteiger partial charge is 0.191 e. The van der Waals surface area contributed by atoms with E-state index in [1.807, 2.05) is 6.07 Å². The summed E-state index contributed by atoms with van der Waals surface area (Å²) in [4.78, 5) is 4.67. The molecule has 1 rings (SSSR count). The highest BCUT2D eigenvalue weighted by molar-refractivity contribution is 14.0. The van der Waals surface area contributed by atoms with Crippen molar-refractivity contribution in [2.45, 2.75) is 46.0 Å². The number of hydrogen-bond acceptors (Lipinski definition) is 3. The molecule has 1 atom stereocenters. The number of benzene rings is 1. The summed E-state index contributed by atoms with van der Waals surface area (Å²) >= 11 is 0. The molecule has 0 aliphatic carbocycles. The van der Waals surface area contributed by atoms with Gasteiger partial charge in [0.15, 0.2) is 5.96 Å². The van der Waals surface area contributed by atoms with E-state index in [0.717, 1.165) is 70.9 Å². The standard InChI is InChI=1S/C21H37N3O2.HI/c1-3-9-20(12-15-25)18-24-21(22-4-2)23-14-8-16-26-17-13-19-10-6-5-7-11-19;/h5-7,10-11,20,25H,3-4,8-9,12-18H2,1-2H3,(H2,22,23,24);1H. The summed E-state index contributed by atoms with van der Waals surface area (Å²) in [6.07, 6.45) is 4.98.